The molecule has 5 rings (SSSR count). The van der Waals surface area contributed by atoms with E-state index in [1.807, 2.05) is 42.5 Å². The molecule has 4 nitrogen and oxygen atoms in total. The first-order chi connectivity index (χ1) is 16.5. The fourth-order valence-corrected chi connectivity index (χ4v) is 4.92. The standard InChI is InChI=1S/C27H18Cl2N2O2S/c28-19-9-12-21(22(29)15-19)24-13-10-20(33-24)11-14-26(32)30-16-17-5-7-18(8-6-17)27-31-23-3-1-2-4-25(23)34-27/h1-15H,16H2,(H,30,32). The summed E-state index contributed by atoms with van der Waals surface area (Å²) in [7, 11) is 0. The van der Waals surface area contributed by atoms with Crippen molar-refractivity contribution in [1.82, 2.24) is 10.3 Å². The number of halogens is 2. The van der Waals surface area contributed by atoms with Crippen LogP contribution in [0.1, 0.15) is 11.3 Å². The number of furan rings is 1. The van der Waals surface area contributed by atoms with Crippen molar-refractivity contribution in [2.45, 2.75) is 6.54 Å². The van der Waals surface area contributed by atoms with Gasteiger partial charge < -0.3 is 9.73 Å². The van der Waals surface area contributed by atoms with Crippen LogP contribution in [0.4, 0.5) is 0 Å². The number of carbonyl (C=O) groups is 1. The van der Waals surface area contributed by atoms with Gasteiger partial charge in [-0.15, -0.1) is 11.3 Å². The number of hydrogen-bond acceptors (Lipinski definition) is 4. The van der Waals surface area contributed by atoms with Crippen molar-refractivity contribution in [1.29, 1.82) is 0 Å². The van der Waals surface area contributed by atoms with E-state index in [1.165, 1.54) is 10.8 Å². The zero-order valence-corrected chi connectivity index (χ0v) is 20.1. The smallest absolute Gasteiger partial charge is 0.244 e. The van der Waals surface area contributed by atoms with E-state index >= 15 is 0 Å². The van der Waals surface area contributed by atoms with Crippen LogP contribution in [0.5, 0.6) is 0 Å². The summed E-state index contributed by atoms with van der Waals surface area (Å²) in [5.74, 6) is 0.948. The maximum absolute atomic E-state index is 12.3. The van der Waals surface area contributed by atoms with E-state index in [-0.39, 0.29) is 5.91 Å². The topological polar surface area (TPSA) is 55.1 Å². The van der Waals surface area contributed by atoms with Crippen molar-refractivity contribution >= 4 is 56.7 Å². The lowest BCUT2D eigenvalue weighted by atomic mass is 10.1. The van der Waals surface area contributed by atoms with Gasteiger partial charge in [0, 0.05) is 28.8 Å². The molecule has 0 fully saturated rings. The largest absolute Gasteiger partial charge is 0.457 e. The van der Waals surface area contributed by atoms with Crippen molar-refractivity contribution in [2.75, 3.05) is 0 Å². The molecule has 0 atom stereocenters. The van der Waals surface area contributed by atoms with Gasteiger partial charge in [-0.3, -0.25) is 4.79 Å². The number of amides is 1. The molecule has 5 aromatic rings. The van der Waals surface area contributed by atoms with E-state index in [0.29, 0.717) is 28.1 Å². The minimum atomic E-state index is -0.210. The van der Waals surface area contributed by atoms with Crippen LogP contribution < -0.4 is 5.32 Å². The molecule has 2 aromatic heterocycles. The average Bonchev–Trinajstić information content (AvgIpc) is 3.49. The lowest BCUT2D eigenvalue weighted by Crippen LogP contribution is -2.20. The van der Waals surface area contributed by atoms with E-state index in [2.05, 4.69) is 16.4 Å². The molecule has 2 heterocycles. The van der Waals surface area contributed by atoms with Gasteiger partial charge in [-0.25, -0.2) is 4.98 Å². The first kappa shape index (κ1) is 22.4. The highest BCUT2D eigenvalue weighted by Crippen LogP contribution is 2.32. The number of para-hydroxylation sites is 1. The number of carbonyl (C=O) groups excluding carboxylic acids is 1. The number of nitrogens with one attached hydrogen (secondary N) is 1. The highest BCUT2D eigenvalue weighted by atomic mass is 35.5. The summed E-state index contributed by atoms with van der Waals surface area (Å²) in [5, 5.41) is 4.93. The van der Waals surface area contributed by atoms with Gasteiger partial charge in [0.2, 0.25) is 5.91 Å². The van der Waals surface area contributed by atoms with Crippen LogP contribution in [0.25, 0.3) is 38.2 Å². The molecule has 0 unspecified atom stereocenters. The van der Waals surface area contributed by atoms with Gasteiger partial charge in [-0.1, -0.05) is 59.6 Å². The highest BCUT2D eigenvalue weighted by Gasteiger charge is 2.09. The Kier molecular flexibility index (Phi) is 6.50. The molecule has 0 aliphatic heterocycles. The van der Waals surface area contributed by atoms with Crippen LogP contribution >= 0.6 is 34.5 Å². The summed E-state index contributed by atoms with van der Waals surface area (Å²) in [4.78, 5) is 16.9. The van der Waals surface area contributed by atoms with Crippen molar-refractivity contribution in [3.05, 3.63) is 106 Å². The van der Waals surface area contributed by atoms with Crippen LogP contribution in [0.15, 0.2) is 89.4 Å². The summed E-state index contributed by atoms with van der Waals surface area (Å²) in [5.41, 5.74) is 3.81. The summed E-state index contributed by atoms with van der Waals surface area (Å²) in [6, 6.07) is 25.0. The maximum Gasteiger partial charge on any atom is 0.244 e. The molecule has 168 valence electrons. The molecular weight excluding hydrogens is 487 g/mol. The highest BCUT2D eigenvalue weighted by molar-refractivity contribution is 7.21. The second-order valence-corrected chi connectivity index (χ2v) is 9.44. The Hall–Kier alpha value is -3.38. The van der Waals surface area contributed by atoms with Gasteiger partial charge in [0.05, 0.1) is 15.2 Å². The molecule has 0 spiro atoms. The normalized spacial score (nSPS) is 11.4. The van der Waals surface area contributed by atoms with Crippen molar-refractivity contribution in [2.24, 2.45) is 0 Å². The molecule has 1 N–H and O–H groups in total. The summed E-state index contributed by atoms with van der Waals surface area (Å²) < 4.78 is 6.95. The monoisotopic (exact) mass is 504 g/mol. The predicted molar refractivity (Wildman–Crippen MR) is 140 cm³/mol. The van der Waals surface area contributed by atoms with E-state index in [9.17, 15) is 4.79 Å². The maximum atomic E-state index is 12.3. The van der Waals surface area contributed by atoms with Crippen molar-refractivity contribution in [3.63, 3.8) is 0 Å². The molecule has 0 saturated carbocycles. The van der Waals surface area contributed by atoms with Gasteiger partial charge in [-0.05, 0) is 54.1 Å². The molecule has 1 amide bonds. The van der Waals surface area contributed by atoms with Crippen LogP contribution in [0.2, 0.25) is 10.0 Å². The Morgan fingerprint density at radius 1 is 1.00 bits per heavy atom. The minimum Gasteiger partial charge on any atom is -0.457 e. The van der Waals surface area contributed by atoms with Crippen molar-refractivity contribution in [3.8, 4) is 21.9 Å². The summed E-state index contributed by atoms with van der Waals surface area (Å²) in [6.45, 7) is 0.424. The third-order valence-electron chi connectivity index (χ3n) is 5.18. The Bertz CT molecular complexity index is 1470. The number of fused-ring (bicyclic) bond motifs is 1. The van der Waals surface area contributed by atoms with E-state index in [4.69, 9.17) is 27.6 Å². The van der Waals surface area contributed by atoms with Gasteiger partial charge in [-0.2, -0.15) is 0 Å². The third kappa shape index (κ3) is 5.07. The SMILES string of the molecule is O=C(C=Cc1ccc(-c2ccc(Cl)cc2Cl)o1)NCc1ccc(-c2nc3ccccc3s2)cc1. The predicted octanol–water partition coefficient (Wildman–Crippen LogP) is 7.86. The molecule has 3 aromatic carbocycles. The fraction of sp³-hybridized carbons (Fsp3) is 0.0370. The quantitative estimate of drug-likeness (QED) is 0.239. The lowest BCUT2D eigenvalue weighted by molar-refractivity contribution is -0.116. The average molecular weight is 505 g/mol. The van der Waals surface area contributed by atoms with Crippen molar-refractivity contribution < 1.29 is 9.21 Å². The second-order valence-electron chi connectivity index (χ2n) is 7.56. The van der Waals surface area contributed by atoms with E-state index in [0.717, 1.165) is 27.2 Å². The first-order valence-electron chi connectivity index (χ1n) is 10.5. The molecule has 7 heteroatoms. The Balaban J connectivity index is 1.18. The number of aromatic nitrogens is 1. The molecule has 0 aliphatic carbocycles. The van der Waals surface area contributed by atoms with Gasteiger partial charge >= 0.3 is 0 Å². The second kappa shape index (κ2) is 9.85. The van der Waals surface area contributed by atoms with Crippen LogP contribution in [0.3, 0.4) is 0 Å². The fourth-order valence-electron chi connectivity index (χ4n) is 3.44. The third-order valence-corrected chi connectivity index (χ3v) is 6.82. The summed E-state index contributed by atoms with van der Waals surface area (Å²) >= 11 is 13.8. The van der Waals surface area contributed by atoms with E-state index in [1.54, 1.807) is 47.7 Å². The Morgan fingerprint density at radius 3 is 2.62 bits per heavy atom. The zero-order chi connectivity index (χ0) is 23.5. The number of nitrogens with zero attached hydrogens (tertiary/aromatic N) is 1. The Labute approximate surface area is 210 Å². The molecule has 0 radical (unpaired) electrons. The summed E-state index contributed by atoms with van der Waals surface area (Å²) in [6.07, 6.45) is 3.07. The van der Waals surface area contributed by atoms with Gasteiger partial charge in [0.15, 0.2) is 0 Å². The number of hydrogen-bond donors (Lipinski definition) is 1. The van der Waals surface area contributed by atoms with Crippen LogP contribution in [0, 0.1) is 0 Å². The molecule has 0 saturated heterocycles. The number of thiazole rings is 1. The molecule has 34 heavy (non-hydrogen) atoms. The molecule has 0 aliphatic rings. The minimum absolute atomic E-state index is 0.210. The van der Waals surface area contributed by atoms with Gasteiger partial charge in [0.25, 0.3) is 0 Å². The number of rotatable bonds is 6. The lowest BCUT2D eigenvalue weighted by Gasteiger charge is -2.04. The molecule has 0 bridgehead atoms. The molecular formula is C27H18Cl2N2O2S. The first-order valence-corrected chi connectivity index (χ1v) is 12.1. The van der Waals surface area contributed by atoms with E-state index < -0.39 is 0 Å². The van der Waals surface area contributed by atoms with Crippen LogP contribution in [-0.2, 0) is 11.3 Å². The Morgan fingerprint density at radius 2 is 1.82 bits per heavy atom. The van der Waals surface area contributed by atoms with Gasteiger partial charge in [0.1, 0.15) is 16.5 Å². The number of benzene rings is 3. The van der Waals surface area contributed by atoms with Crippen LogP contribution in [-0.4, -0.2) is 10.9 Å². The zero-order valence-electron chi connectivity index (χ0n) is 17.8.